The van der Waals surface area contributed by atoms with Gasteiger partial charge in [-0.05, 0) is 49.7 Å². The fraction of sp³-hybridized carbons (Fsp3) is 0.588. The van der Waals surface area contributed by atoms with Crippen LogP contribution in [-0.2, 0) is 4.79 Å². The molecular weight excluding hydrogens is 266 g/mol. The first-order chi connectivity index (χ1) is 9.97. The molecule has 0 aliphatic heterocycles. The number of rotatable bonds is 5. The Morgan fingerprint density at radius 2 is 2.05 bits per heavy atom. The third-order valence-corrected chi connectivity index (χ3v) is 4.69. The third-order valence-electron chi connectivity index (χ3n) is 4.69. The van der Waals surface area contributed by atoms with Crippen LogP contribution in [0.3, 0.4) is 0 Å². The molecule has 0 amide bonds. The Morgan fingerprint density at radius 1 is 1.38 bits per heavy atom. The minimum absolute atomic E-state index is 0.619. The second kappa shape index (κ2) is 6.37. The maximum Gasteiger partial charge on any atom is 0.329 e. The Balaban J connectivity index is 2.14. The zero-order chi connectivity index (χ0) is 15.5. The van der Waals surface area contributed by atoms with Crippen molar-refractivity contribution < 1.29 is 14.6 Å². The highest BCUT2D eigenvalue weighted by atomic mass is 16.5. The molecule has 0 radical (unpaired) electrons. The van der Waals surface area contributed by atoms with Crippen LogP contribution in [0.2, 0.25) is 0 Å². The number of carbonyl (C=O) groups is 1. The van der Waals surface area contributed by atoms with Crippen molar-refractivity contribution in [1.82, 2.24) is 0 Å². The first-order valence-corrected chi connectivity index (χ1v) is 7.62. The van der Waals surface area contributed by atoms with E-state index in [2.05, 4.69) is 19.2 Å². The van der Waals surface area contributed by atoms with Gasteiger partial charge in [-0.2, -0.15) is 0 Å². The highest BCUT2D eigenvalue weighted by Gasteiger charge is 2.42. The molecular formula is C17H25NO3. The number of hydrogen-bond donors (Lipinski definition) is 2. The summed E-state index contributed by atoms with van der Waals surface area (Å²) in [5, 5.41) is 13.0. The van der Waals surface area contributed by atoms with Crippen molar-refractivity contribution in [1.29, 1.82) is 0 Å². The average molecular weight is 291 g/mol. The van der Waals surface area contributed by atoms with Gasteiger partial charge in [-0.3, -0.25) is 0 Å². The summed E-state index contributed by atoms with van der Waals surface area (Å²) in [6, 6.07) is 7.46. The number of carboxylic acids is 1. The van der Waals surface area contributed by atoms with E-state index in [1.54, 1.807) is 7.11 Å². The van der Waals surface area contributed by atoms with Gasteiger partial charge in [0.25, 0.3) is 0 Å². The zero-order valence-electron chi connectivity index (χ0n) is 13.1. The Hall–Kier alpha value is -1.71. The number of hydrogen-bond acceptors (Lipinski definition) is 3. The second-order valence-electron chi connectivity index (χ2n) is 6.33. The third kappa shape index (κ3) is 3.49. The molecule has 1 aromatic rings. The minimum Gasteiger partial charge on any atom is -0.497 e. The number of carboxylic acid groups (broad SMARTS) is 1. The van der Waals surface area contributed by atoms with Crippen LogP contribution in [0.15, 0.2) is 24.3 Å². The van der Waals surface area contributed by atoms with E-state index >= 15 is 0 Å². The SMILES string of the molecule is COc1cccc(NC2(C(=O)O)CCC(C(C)C)CC2)c1. The quantitative estimate of drug-likeness (QED) is 0.867. The molecule has 0 bridgehead atoms. The van der Waals surface area contributed by atoms with E-state index in [-0.39, 0.29) is 0 Å². The topological polar surface area (TPSA) is 58.6 Å². The van der Waals surface area contributed by atoms with Gasteiger partial charge in [-0.1, -0.05) is 19.9 Å². The molecule has 0 saturated heterocycles. The standard InChI is InChI=1S/C17H25NO3/c1-12(2)13-7-9-17(10-8-13,16(19)20)18-14-5-4-6-15(11-14)21-3/h4-6,11-13,18H,7-10H2,1-3H3,(H,19,20). The van der Waals surface area contributed by atoms with Crippen LogP contribution in [0.1, 0.15) is 39.5 Å². The van der Waals surface area contributed by atoms with Crippen LogP contribution < -0.4 is 10.1 Å². The lowest BCUT2D eigenvalue weighted by atomic mass is 9.72. The van der Waals surface area contributed by atoms with Crippen molar-refractivity contribution in [2.45, 2.75) is 45.1 Å². The van der Waals surface area contributed by atoms with E-state index in [1.807, 2.05) is 24.3 Å². The molecule has 116 valence electrons. The summed E-state index contributed by atoms with van der Waals surface area (Å²) in [6.07, 6.45) is 3.26. The van der Waals surface area contributed by atoms with Crippen molar-refractivity contribution in [3.8, 4) is 5.75 Å². The van der Waals surface area contributed by atoms with Gasteiger partial charge in [-0.15, -0.1) is 0 Å². The normalized spacial score (nSPS) is 25.6. The molecule has 0 atom stereocenters. The molecule has 1 aliphatic rings. The minimum atomic E-state index is -0.849. The number of nitrogens with one attached hydrogen (secondary N) is 1. The Kier molecular flexibility index (Phi) is 4.76. The predicted molar refractivity (Wildman–Crippen MR) is 83.8 cm³/mol. The largest absolute Gasteiger partial charge is 0.497 e. The maximum absolute atomic E-state index is 11.8. The lowest BCUT2D eigenvalue weighted by Gasteiger charge is -2.39. The van der Waals surface area contributed by atoms with E-state index in [0.29, 0.717) is 24.7 Å². The Labute approximate surface area is 126 Å². The fourth-order valence-electron chi connectivity index (χ4n) is 3.17. The molecule has 0 aromatic heterocycles. The van der Waals surface area contributed by atoms with Crippen LogP contribution in [0.5, 0.6) is 5.75 Å². The van der Waals surface area contributed by atoms with Crippen molar-refractivity contribution in [2.24, 2.45) is 11.8 Å². The van der Waals surface area contributed by atoms with Gasteiger partial charge in [0.2, 0.25) is 0 Å². The number of ether oxygens (including phenoxy) is 1. The van der Waals surface area contributed by atoms with Gasteiger partial charge in [0.15, 0.2) is 0 Å². The molecule has 4 heteroatoms. The predicted octanol–water partition coefficient (Wildman–Crippen LogP) is 3.78. The summed E-state index contributed by atoms with van der Waals surface area (Å²) in [5.41, 5.74) is -0.0441. The van der Waals surface area contributed by atoms with Gasteiger partial charge in [0, 0.05) is 11.8 Å². The lowest BCUT2D eigenvalue weighted by molar-refractivity contribution is -0.144. The lowest BCUT2D eigenvalue weighted by Crippen LogP contribution is -2.49. The van der Waals surface area contributed by atoms with Crippen LogP contribution in [-0.4, -0.2) is 23.7 Å². The van der Waals surface area contributed by atoms with Crippen LogP contribution in [0.25, 0.3) is 0 Å². The van der Waals surface area contributed by atoms with E-state index < -0.39 is 11.5 Å². The van der Waals surface area contributed by atoms with E-state index in [1.165, 1.54) is 0 Å². The first-order valence-electron chi connectivity index (χ1n) is 7.62. The summed E-state index contributed by atoms with van der Waals surface area (Å²) in [5.74, 6) is 1.22. The molecule has 1 aliphatic carbocycles. The highest BCUT2D eigenvalue weighted by molar-refractivity contribution is 5.83. The fourth-order valence-corrected chi connectivity index (χ4v) is 3.17. The highest BCUT2D eigenvalue weighted by Crippen LogP contribution is 2.38. The molecule has 1 saturated carbocycles. The monoisotopic (exact) mass is 291 g/mol. The average Bonchev–Trinajstić information content (AvgIpc) is 2.47. The van der Waals surface area contributed by atoms with Crippen LogP contribution in [0.4, 0.5) is 5.69 Å². The second-order valence-corrected chi connectivity index (χ2v) is 6.33. The van der Waals surface area contributed by atoms with Crippen molar-refractivity contribution in [3.63, 3.8) is 0 Å². The van der Waals surface area contributed by atoms with Crippen molar-refractivity contribution in [2.75, 3.05) is 12.4 Å². The van der Waals surface area contributed by atoms with Gasteiger partial charge in [0.1, 0.15) is 11.3 Å². The molecule has 1 aromatic carbocycles. The van der Waals surface area contributed by atoms with E-state index in [4.69, 9.17) is 4.74 Å². The number of methoxy groups -OCH3 is 1. The van der Waals surface area contributed by atoms with E-state index in [0.717, 1.165) is 24.3 Å². The van der Waals surface area contributed by atoms with Gasteiger partial charge < -0.3 is 15.2 Å². The molecule has 0 spiro atoms. The summed E-state index contributed by atoms with van der Waals surface area (Å²) < 4.78 is 5.20. The van der Waals surface area contributed by atoms with Crippen molar-refractivity contribution in [3.05, 3.63) is 24.3 Å². The van der Waals surface area contributed by atoms with Gasteiger partial charge in [0.05, 0.1) is 7.11 Å². The Bertz CT molecular complexity index is 491. The summed E-state index contributed by atoms with van der Waals surface area (Å²) in [6.45, 7) is 4.43. The van der Waals surface area contributed by atoms with Crippen LogP contribution >= 0.6 is 0 Å². The molecule has 0 heterocycles. The zero-order valence-corrected chi connectivity index (χ0v) is 13.1. The first kappa shape index (κ1) is 15.7. The molecule has 2 rings (SSSR count). The van der Waals surface area contributed by atoms with E-state index in [9.17, 15) is 9.90 Å². The number of benzene rings is 1. The number of aliphatic carboxylic acids is 1. The molecule has 4 nitrogen and oxygen atoms in total. The smallest absolute Gasteiger partial charge is 0.329 e. The molecule has 2 N–H and O–H groups in total. The molecule has 1 fully saturated rings. The van der Waals surface area contributed by atoms with Gasteiger partial charge in [-0.25, -0.2) is 4.79 Å². The number of anilines is 1. The Morgan fingerprint density at radius 3 is 2.57 bits per heavy atom. The maximum atomic E-state index is 11.8. The summed E-state index contributed by atoms with van der Waals surface area (Å²) in [4.78, 5) is 11.8. The van der Waals surface area contributed by atoms with Crippen molar-refractivity contribution >= 4 is 11.7 Å². The summed E-state index contributed by atoms with van der Waals surface area (Å²) >= 11 is 0. The van der Waals surface area contributed by atoms with Gasteiger partial charge >= 0.3 is 5.97 Å². The molecule has 21 heavy (non-hydrogen) atoms. The summed E-state index contributed by atoms with van der Waals surface area (Å²) in [7, 11) is 1.61. The van der Waals surface area contributed by atoms with Crippen LogP contribution in [0, 0.1) is 11.8 Å². The molecule has 0 unspecified atom stereocenters.